The summed E-state index contributed by atoms with van der Waals surface area (Å²) < 4.78 is 0. The molecule has 0 heterocycles. The Hall–Kier alpha value is -1.51. The number of rotatable bonds is 7. The van der Waals surface area contributed by atoms with Crippen LogP contribution < -0.4 is 11.1 Å². The molecule has 0 atom stereocenters. The molecule has 1 aromatic carbocycles. The van der Waals surface area contributed by atoms with Gasteiger partial charge in [0.15, 0.2) is 0 Å². The first-order valence-electron chi connectivity index (χ1n) is 7.69. The highest BCUT2D eigenvalue weighted by Crippen LogP contribution is 2.48. The Morgan fingerprint density at radius 3 is 2.45 bits per heavy atom. The number of benzene rings is 1. The van der Waals surface area contributed by atoms with Gasteiger partial charge in [0.2, 0.25) is 5.91 Å². The monoisotopic (exact) mass is 274 g/mol. The highest BCUT2D eigenvalue weighted by atomic mass is 16.2. The third kappa shape index (κ3) is 3.53. The Balaban J connectivity index is 1.81. The molecule has 1 aliphatic rings. The van der Waals surface area contributed by atoms with E-state index < -0.39 is 0 Å². The van der Waals surface area contributed by atoms with Gasteiger partial charge in [0.1, 0.15) is 0 Å². The van der Waals surface area contributed by atoms with Gasteiger partial charge in [0.05, 0.1) is 5.41 Å². The van der Waals surface area contributed by atoms with Gasteiger partial charge in [-0.2, -0.15) is 0 Å². The first kappa shape index (κ1) is 14.9. The first-order valence-corrected chi connectivity index (χ1v) is 7.69. The predicted molar refractivity (Wildman–Crippen MR) is 83.5 cm³/mol. The zero-order chi connectivity index (χ0) is 14.6. The molecule has 0 spiro atoms. The smallest absolute Gasteiger partial charge is 0.230 e. The van der Waals surface area contributed by atoms with Gasteiger partial charge in [-0.05, 0) is 42.9 Å². The summed E-state index contributed by atoms with van der Waals surface area (Å²) in [5.41, 5.74) is 7.28. The zero-order valence-electron chi connectivity index (χ0n) is 12.6. The van der Waals surface area contributed by atoms with E-state index in [1.165, 1.54) is 12.8 Å². The maximum absolute atomic E-state index is 12.4. The van der Waals surface area contributed by atoms with E-state index in [9.17, 15) is 4.79 Å². The van der Waals surface area contributed by atoms with Crippen LogP contribution in [-0.2, 0) is 10.2 Å². The van der Waals surface area contributed by atoms with E-state index >= 15 is 0 Å². The fraction of sp³-hybridized carbons (Fsp3) is 0.588. The molecule has 0 aliphatic heterocycles. The minimum Gasteiger partial charge on any atom is -0.399 e. The maximum Gasteiger partial charge on any atom is 0.230 e. The van der Waals surface area contributed by atoms with Crippen LogP contribution in [0.4, 0.5) is 5.69 Å². The molecule has 1 aliphatic carbocycles. The van der Waals surface area contributed by atoms with Crippen molar-refractivity contribution in [3.63, 3.8) is 0 Å². The normalized spacial score (nSPS) is 16.1. The van der Waals surface area contributed by atoms with Gasteiger partial charge in [-0.25, -0.2) is 0 Å². The van der Waals surface area contributed by atoms with Gasteiger partial charge in [0, 0.05) is 12.2 Å². The van der Waals surface area contributed by atoms with Crippen LogP contribution in [0, 0.1) is 5.92 Å². The number of carbonyl (C=O) groups excluding carboxylic acids is 1. The van der Waals surface area contributed by atoms with Crippen LogP contribution in [0.3, 0.4) is 0 Å². The summed E-state index contributed by atoms with van der Waals surface area (Å²) in [7, 11) is 0. The summed E-state index contributed by atoms with van der Waals surface area (Å²) in [6.07, 6.45) is 5.40. The molecular weight excluding hydrogens is 248 g/mol. The Kier molecular flexibility index (Phi) is 4.69. The number of nitrogens with one attached hydrogen (secondary N) is 1. The van der Waals surface area contributed by atoms with Crippen molar-refractivity contribution >= 4 is 11.6 Å². The molecule has 0 bridgehead atoms. The Morgan fingerprint density at radius 1 is 1.25 bits per heavy atom. The number of hydrogen-bond donors (Lipinski definition) is 2. The molecule has 0 aromatic heterocycles. The molecule has 1 fully saturated rings. The minimum absolute atomic E-state index is 0.187. The van der Waals surface area contributed by atoms with Crippen LogP contribution in [0.5, 0.6) is 0 Å². The van der Waals surface area contributed by atoms with Gasteiger partial charge in [0.25, 0.3) is 0 Å². The summed E-state index contributed by atoms with van der Waals surface area (Å²) in [6.45, 7) is 5.26. The molecule has 1 saturated carbocycles. The van der Waals surface area contributed by atoms with Crippen molar-refractivity contribution in [2.75, 3.05) is 12.3 Å². The molecule has 0 saturated heterocycles. The van der Waals surface area contributed by atoms with E-state index in [4.69, 9.17) is 5.73 Å². The van der Waals surface area contributed by atoms with E-state index in [2.05, 4.69) is 19.2 Å². The van der Waals surface area contributed by atoms with Crippen molar-refractivity contribution < 1.29 is 4.79 Å². The summed E-state index contributed by atoms with van der Waals surface area (Å²) in [4.78, 5) is 12.4. The summed E-state index contributed by atoms with van der Waals surface area (Å²) in [6, 6.07) is 7.73. The largest absolute Gasteiger partial charge is 0.399 e. The Morgan fingerprint density at radius 2 is 1.90 bits per heavy atom. The SMILES string of the molecule is CC(C)CCCCNC(=O)C1(c2ccc(N)cc2)CC1. The van der Waals surface area contributed by atoms with Gasteiger partial charge in [-0.15, -0.1) is 0 Å². The van der Waals surface area contributed by atoms with Crippen LogP contribution in [0.2, 0.25) is 0 Å². The lowest BCUT2D eigenvalue weighted by Crippen LogP contribution is -2.35. The van der Waals surface area contributed by atoms with E-state index in [0.717, 1.165) is 43.0 Å². The lowest BCUT2D eigenvalue weighted by atomic mass is 9.94. The molecule has 3 nitrogen and oxygen atoms in total. The van der Waals surface area contributed by atoms with E-state index in [0.29, 0.717) is 0 Å². The molecule has 3 N–H and O–H groups in total. The molecule has 1 amide bonds. The number of nitrogen functional groups attached to an aromatic ring is 1. The molecule has 20 heavy (non-hydrogen) atoms. The number of amides is 1. The summed E-state index contributed by atoms with van der Waals surface area (Å²) in [5, 5.41) is 3.10. The number of unbranched alkanes of at least 4 members (excludes halogenated alkanes) is 1. The van der Waals surface area contributed by atoms with Gasteiger partial charge in [-0.3, -0.25) is 4.79 Å². The van der Waals surface area contributed by atoms with Crippen molar-refractivity contribution in [3.8, 4) is 0 Å². The quantitative estimate of drug-likeness (QED) is 0.592. The predicted octanol–water partition coefficient (Wildman–Crippen LogP) is 3.24. The maximum atomic E-state index is 12.4. The van der Waals surface area contributed by atoms with Crippen molar-refractivity contribution in [1.82, 2.24) is 5.32 Å². The standard InChI is InChI=1S/C17H26N2O/c1-13(2)5-3-4-12-19-16(20)17(10-11-17)14-6-8-15(18)9-7-14/h6-9,13H,3-5,10-12,18H2,1-2H3,(H,19,20). The lowest BCUT2D eigenvalue weighted by Gasteiger charge is -2.16. The van der Waals surface area contributed by atoms with Crippen LogP contribution in [0.25, 0.3) is 0 Å². The van der Waals surface area contributed by atoms with Gasteiger partial charge < -0.3 is 11.1 Å². The average Bonchev–Trinajstić information content (AvgIpc) is 3.20. The fourth-order valence-corrected chi connectivity index (χ4v) is 2.62. The first-order chi connectivity index (χ1) is 9.54. The highest BCUT2D eigenvalue weighted by molar-refractivity contribution is 5.91. The molecule has 0 unspecified atom stereocenters. The van der Waals surface area contributed by atoms with Crippen LogP contribution in [0.15, 0.2) is 24.3 Å². The van der Waals surface area contributed by atoms with E-state index in [-0.39, 0.29) is 11.3 Å². The minimum atomic E-state index is -0.272. The number of carbonyl (C=O) groups is 1. The lowest BCUT2D eigenvalue weighted by molar-refractivity contribution is -0.123. The molecule has 2 rings (SSSR count). The summed E-state index contributed by atoms with van der Waals surface area (Å²) in [5.74, 6) is 0.932. The van der Waals surface area contributed by atoms with Crippen LogP contribution >= 0.6 is 0 Å². The van der Waals surface area contributed by atoms with Crippen molar-refractivity contribution in [2.24, 2.45) is 5.92 Å². The number of anilines is 1. The third-order valence-corrected chi connectivity index (χ3v) is 4.14. The Bertz CT molecular complexity index is 447. The number of nitrogens with two attached hydrogens (primary N) is 1. The highest BCUT2D eigenvalue weighted by Gasteiger charge is 2.50. The van der Waals surface area contributed by atoms with Crippen molar-refractivity contribution in [2.45, 2.75) is 51.4 Å². The van der Waals surface area contributed by atoms with Gasteiger partial charge in [-0.1, -0.05) is 38.8 Å². The Labute approximate surface area is 121 Å². The topological polar surface area (TPSA) is 55.1 Å². The molecule has 0 radical (unpaired) electrons. The summed E-state index contributed by atoms with van der Waals surface area (Å²) >= 11 is 0. The number of hydrogen-bond acceptors (Lipinski definition) is 2. The molecule has 1 aromatic rings. The second kappa shape index (κ2) is 6.29. The van der Waals surface area contributed by atoms with Crippen LogP contribution in [-0.4, -0.2) is 12.5 Å². The van der Waals surface area contributed by atoms with Crippen molar-refractivity contribution in [1.29, 1.82) is 0 Å². The van der Waals surface area contributed by atoms with E-state index in [1.54, 1.807) is 0 Å². The van der Waals surface area contributed by atoms with Gasteiger partial charge >= 0.3 is 0 Å². The molecular formula is C17H26N2O. The molecule has 110 valence electrons. The third-order valence-electron chi connectivity index (χ3n) is 4.14. The fourth-order valence-electron chi connectivity index (χ4n) is 2.62. The average molecular weight is 274 g/mol. The van der Waals surface area contributed by atoms with E-state index in [1.807, 2.05) is 24.3 Å². The van der Waals surface area contributed by atoms with Crippen molar-refractivity contribution in [3.05, 3.63) is 29.8 Å². The second-order valence-corrected chi connectivity index (χ2v) is 6.35. The van der Waals surface area contributed by atoms with Crippen LogP contribution in [0.1, 0.15) is 51.5 Å². The molecule has 3 heteroatoms. The zero-order valence-corrected chi connectivity index (χ0v) is 12.6. The second-order valence-electron chi connectivity index (χ2n) is 6.35.